The van der Waals surface area contributed by atoms with Crippen LogP contribution in [0.25, 0.3) is 0 Å². The quantitative estimate of drug-likeness (QED) is 0.463. The van der Waals surface area contributed by atoms with Crippen LogP contribution >= 0.6 is 0 Å². The molecule has 1 unspecified atom stereocenters. The van der Waals surface area contributed by atoms with Crippen LogP contribution in [0, 0.1) is 0 Å². The number of nitrogens with two attached hydrogens (primary N) is 1. The van der Waals surface area contributed by atoms with E-state index in [9.17, 15) is 0 Å². The molecule has 2 heteroatoms. The van der Waals surface area contributed by atoms with Gasteiger partial charge in [-0.05, 0) is 48.8 Å². The van der Waals surface area contributed by atoms with Gasteiger partial charge in [0.15, 0.2) is 0 Å². The van der Waals surface area contributed by atoms with Crippen LogP contribution in [-0.4, -0.2) is 0 Å². The molecule has 0 spiro atoms. The van der Waals surface area contributed by atoms with Crippen molar-refractivity contribution in [1.29, 1.82) is 0 Å². The lowest BCUT2D eigenvalue weighted by Crippen LogP contribution is -2.28. The lowest BCUT2D eigenvalue weighted by atomic mass is 9.96. The Balaban J connectivity index is 2.16. The summed E-state index contributed by atoms with van der Waals surface area (Å²) < 4.78 is 0. The van der Waals surface area contributed by atoms with Gasteiger partial charge < -0.3 is 0 Å². The Hall–Kier alpha value is -1.12. The Labute approximate surface area is 104 Å². The predicted octanol–water partition coefficient (Wildman–Crippen LogP) is 3.04. The topological polar surface area (TPSA) is 38.0 Å². The highest BCUT2D eigenvalue weighted by atomic mass is 15.2. The van der Waals surface area contributed by atoms with Crippen molar-refractivity contribution < 1.29 is 0 Å². The maximum absolute atomic E-state index is 5.66. The first kappa shape index (κ1) is 12.3. The molecular weight excluding hydrogens is 208 g/mol. The molecule has 0 saturated heterocycles. The molecule has 1 atom stereocenters. The molecule has 0 bridgehead atoms. The number of rotatable bonds is 5. The summed E-state index contributed by atoms with van der Waals surface area (Å²) in [5.41, 5.74) is 8.47. The van der Waals surface area contributed by atoms with Gasteiger partial charge in [-0.2, -0.15) is 0 Å². The second-order valence-electron chi connectivity index (χ2n) is 4.91. The Morgan fingerprint density at radius 1 is 1.41 bits per heavy atom. The van der Waals surface area contributed by atoms with Gasteiger partial charge in [0.05, 0.1) is 0 Å². The maximum atomic E-state index is 5.66. The van der Waals surface area contributed by atoms with Crippen molar-refractivity contribution in [1.82, 2.24) is 5.43 Å². The Bertz CT molecular complexity index is 409. The molecule has 0 radical (unpaired) electrons. The van der Waals surface area contributed by atoms with Crippen molar-refractivity contribution in [3.63, 3.8) is 0 Å². The molecular formula is C15H22N2. The maximum Gasteiger partial charge on any atom is 0.0497 e. The molecule has 92 valence electrons. The first-order chi connectivity index (χ1) is 8.24. The van der Waals surface area contributed by atoms with Crippen LogP contribution < -0.4 is 11.3 Å². The minimum absolute atomic E-state index is 0.202. The summed E-state index contributed by atoms with van der Waals surface area (Å²) >= 11 is 0. The van der Waals surface area contributed by atoms with E-state index in [0.29, 0.717) is 0 Å². The number of hydrogen-bond donors (Lipinski definition) is 2. The number of benzene rings is 1. The number of hydrazine groups is 1. The molecule has 0 aliphatic heterocycles. The predicted molar refractivity (Wildman–Crippen MR) is 72.6 cm³/mol. The van der Waals surface area contributed by atoms with Crippen LogP contribution in [0.4, 0.5) is 0 Å². The second-order valence-corrected chi connectivity index (χ2v) is 4.91. The van der Waals surface area contributed by atoms with E-state index in [0.717, 1.165) is 12.8 Å². The van der Waals surface area contributed by atoms with E-state index in [1.165, 1.54) is 41.5 Å². The molecule has 2 nitrogen and oxygen atoms in total. The van der Waals surface area contributed by atoms with Crippen molar-refractivity contribution >= 4 is 0 Å². The van der Waals surface area contributed by atoms with E-state index in [1.807, 2.05) is 0 Å². The Kier molecular flexibility index (Phi) is 3.97. The fraction of sp³-hybridized carbons (Fsp3) is 0.467. The Morgan fingerprint density at radius 3 is 2.88 bits per heavy atom. The minimum atomic E-state index is 0.202. The molecule has 17 heavy (non-hydrogen) atoms. The highest BCUT2D eigenvalue weighted by molar-refractivity contribution is 5.36. The van der Waals surface area contributed by atoms with E-state index in [4.69, 9.17) is 5.84 Å². The molecule has 3 N–H and O–H groups in total. The lowest BCUT2D eigenvalue weighted by Gasteiger charge is -2.18. The SMILES string of the molecule is C=C(CC)CC(NN)c1ccc2c(c1)CCC2. The molecule has 1 aliphatic carbocycles. The number of nitrogens with one attached hydrogen (secondary N) is 1. The van der Waals surface area contributed by atoms with Crippen molar-refractivity contribution in [2.75, 3.05) is 0 Å². The normalized spacial score (nSPS) is 15.6. The van der Waals surface area contributed by atoms with Gasteiger partial charge in [0.1, 0.15) is 0 Å². The van der Waals surface area contributed by atoms with E-state index < -0.39 is 0 Å². The zero-order valence-corrected chi connectivity index (χ0v) is 10.6. The summed E-state index contributed by atoms with van der Waals surface area (Å²) in [4.78, 5) is 0. The van der Waals surface area contributed by atoms with Crippen LogP contribution in [0.15, 0.2) is 30.4 Å². The largest absolute Gasteiger partial charge is 0.271 e. The van der Waals surface area contributed by atoms with Crippen LogP contribution in [-0.2, 0) is 12.8 Å². The highest BCUT2D eigenvalue weighted by Gasteiger charge is 2.15. The molecule has 1 aromatic rings. The van der Waals surface area contributed by atoms with Crippen LogP contribution in [0.5, 0.6) is 0 Å². The third kappa shape index (κ3) is 2.76. The van der Waals surface area contributed by atoms with Gasteiger partial charge in [0.2, 0.25) is 0 Å². The average Bonchev–Trinajstić information content (AvgIpc) is 2.82. The van der Waals surface area contributed by atoms with Crippen LogP contribution in [0.2, 0.25) is 0 Å². The standard InChI is InChI=1S/C15H22N2/c1-3-11(2)9-15(17-16)14-8-7-12-5-4-6-13(12)10-14/h7-8,10,15,17H,2-6,9,16H2,1H3. The van der Waals surface area contributed by atoms with E-state index >= 15 is 0 Å². The zero-order valence-electron chi connectivity index (χ0n) is 10.6. The van der Waals surface area contributed by atoms with Crippen molar-refractivity contribution in [3.8, 4) is 0 Å². The van der Waals surface area contributed by atoms with Crippen molar-refractivity contribution in [2.24, 2.45) is 5.84 Å². The molecule has 2 rings (SSSR count). The van der Waals surface area contributed by atoms with Crippen LogP contribution in [0.3, 0.4) is 0 Å². The summed E-state index contributed by atoms with van der Waals surface area (Å²) in [6.45, 7) is 6.20. The molecule has 0 saturated carbocycles. The molecule has 1 aliphatic rings. The van der Waals surface area contributed by atoms with E-state index in [-0.39, 0.29) is 6.04 Å². The van der Waals surface area contributed by atoms with E-state index in [1.54, 1.807) is 0 Å². The smallest absolute Gasteiger partial charge is 0.0497 e. The third-order valence-corrected chi connectivity index (χ3v) is 3.72. The molecule has 0 fully saturated rings. The van der Waals surface area contributed by atoms with Gasteiger partial charge in [-0.3, -0.25) is 11.3 Å². The summed E-state index contributed by atoms with van der Waals surface area (Å²) in [5.74, 6) is 5.66. The number of aryl methyl sites for hydroxylation is 2. The zero-order chi connectivity index (χ0) is 12.3. The van der Waals surface area contributed by atoms with Gasteiger partial charge in [-0.25, -0.2) is 0 Å². The van der Waals surface area contributed by atoms with Gasteiger partial charge in [0, 0.05) is 6.04 Å². The summed E-state index contributed by atoms with van der Waals surface area (Å²) in [6.07, 6.45) is 5.68. The third-order valence-electron chi connectivity index (χ3n) is 3.72. The molecule has 0 heterocycles. The molecule has 0 amide bonds. The summed E-state index contributed by atoms with van der Waals surface area (Å²) in [7, 11) is 0. The fourth-order valence-corrected chi connectivity index (χ4v) is 2.51. The number of hydrogen-bond acceptors (Lipinski definition) is 2. The van der Waals surface area contributed by atoms with Crippen molar-refractivity contribution in [2.45, 2.75) is 45.1 Å². The van der Waals surface area contributed by atoms with Gasteiger partial charge in [-0.1, -0.05) is 37.3 Å². The lowest BCUT2D eigenvalue weighted by molar-refractivity contribution is 0.544. The number of fused-ring (bicyclic) bond motifs is 1. The highest BCUT2D eigenvalue weighted by Crippen LogP contribution is 2.27. The Morgan fingerprint density at radius 2 is 2.18 bits per heavy atom. The second kappa shape index (κ2) is 5.48. The average molecular weight is 230 g/mol. The summed E-state index contributed by atoms with van der Waals surface area (Å²) in [5, 5.41) is 0. The minimum Gasteiger partial charge on any atom is -0.271 e. The van der Waals surface area contributed by atoms with Crippen molar-refractivity contribution in [3.05, 3.63) is 47.0 Å². The molecule has 0 aromatic heterocycles. The molecule has 1 aromatic carbocycles. The first-order valence-corrected chi connectivity index (χ1v) is 6.49. The monoisotopic (exact) mass is 230 g/mol. The van der Waals surface area contributed by atoms with E-state index in [2.05, 4.69) is 37.1 Å². The first-order valence-electron chi connectivity index (χ1n) is 6.49. The van der Waals surface area contributed by atoms with Gasteiger partial charge in [0.25, 0.3) is 0 Å². The fourth-order valence-electron chi connectivity index (χ4n) is 2.51. The summed E-state index contributed by atoms with van der Waals surface area (Å²) in [6, 6.07) is 6.98. The van der Waals surface area contributed by atoms with Gasteiger partial charge >= 0.3 is 0 Å². The van der Waals surface area contributed by atoms with Gasteiger partial charge in [-0.15, -0.1) is 0 Å². The van der Waals surface area contributed by atoms with Crippen LogP contribution in [0.1, 0.15) is 48.9 Å².